The van der Waals surface area contributed by atoms with Crippen molar-refractivity contribution in [2.24, 2.45) is 0 Å². The fraction of sp³-hybridized carbons (Fsp3) is 0.316. The van der Waals surface area contributed by atoms with Crippen LogP contribution < -0.4 is 14.4 Å². The van der Waals surface area contributed by atoms with Gasteiger partial charge in [-0.05, 0) is 54.8 Å². The fourth-order valence-corrected chi connectivity index (χ4v) is 4.19. The molecule has 0 spiro atoms. The summed E-state index contributed by atoms with van der Waals surface area (Å²) < 4.78 is 32.8. The highest BCUT2D eigenvalue weighted by molar-refractivity contribution is 7.89. The number of sulfonamides is 1. The summed E-state index contributed by atoms with van der Waals surface area (Å²) in [6, 6.07) is 13.1. The molecule has 0 saturated carbocycles. The van der Waals surface area contributed by atoms with Crippen LogP contribution in [0.4, 0.5) is 5.69 Å². The third kappa shape index (κ3) is 3.73. The third-order valence-electron chi connectivity index (χ3n) is 4.53. The van der Waals surface area contributed by atoms with Crippen molar-refractivity contribution in [1.29, 1.82) is 0 Å². The van der Waals surface area contributed by atoms with Crippen LogP contribution in [0.25, 0.3) is 0 Å². The summed E-state index contributed by atoms with van der Waals surface area (Å²) in [5.41, 5.74) is 1.79. The van der Waals surface area contributed by atoms with Crippen LogP contribution in [0.2, 0.25) is 0 Å². The topological polar surface area (TPSA) is 75.7 Å². The molecule has 3 rings (SSSR count). The molecule has 138 valence electrons. The zero-order chi connectivity index (χ0) is 18.7. The average Bonchev–Trinajstić information content (AvgIpc) is 3.01. The molecule has 7 heteroatoms. The van der Waals surface area contributed by atoms with Gasteiger partial charge < -0.3 is 9.64 Å². The SMILES string of the molecule is CCc1ccc(S(=O)(=O)N[C@H]2CCN(c3ccc(OC)cc3)C2=O)cc1. The Balaban J connectivity index is 1.72. The van der Waals surface area contributed by atoms with Crippen LogP contribution in [0.5, 0.6) is 5.75 Å². The summed E-state index contributed by atoms with van der Waals surface area (Å²) in [4.78, 5) is 14.4. The van der Waals surface area contributed by atoms with E-state index in [-0.39, 0.29) is 10.8 Å². The van der Waals surface area contributed by atoms with Crippen LogP contribution in [0.1, 0.15) is 18.9 Å². The van der Waals surface area contributed by atoms with Crippen molar-refractivity contribution >= 4 is 21.6 Å². The lowest BCUT2D eigenvalue weighted by molar-refractivity contribution is -0.118. The molecule has 2 aromatic rings. The highest BCUT2D eigenvalue weighted by Crippen LogP contribution is 2.25. The standard InChI is InChI=1S/C19H22N2O4S/c1-3-14-4-10-17(11-5-14)26(23,24)20-18-12-13-21(19(18)22)15-6-8-16(25-2)9-7-15/h4-11,18,20H,3,12-13H2,1-2H3/t18-/m0/s1. The number of nitrogens with zero attached hydrogens (tertiary/aromatic N) is 1. The number of ether oxygens (including phenoxy) is 1. The highest BCUT2D eigenvalue weighted by atomic mass is 32.2. The molecule has 0 unspecified atom stereocenters. The van der Waals surface area contributed by atoms with E-state index in [1.807, 2.05) is 6.92 Å². The number of methoxy groups -OCH3 is 1. The van der Waals surface area contributed by atoms with Crippen molar-refractivity contribution in [3.63, 3.8) is 0 Å². The first-order valence-corrected chi connectivity index (χ1v) is 9.99. The van der Waals surface area contributed by atoms with Gasteiger partial charge in [-0.25, -0.2) is 8.42 Å². The molecular formula is C19H22N2O4S. The zero-order valence-corrected chi connectivity index (χ0v) is 15.6. The largest absolute Gasteiger partial charge is 0.497 e. The monoisotopic (exact) mass is 374 g/mol. The molecule has 1 N–H and O–H groups in total. The van der Waals surface area contributed by atoms with E-state index in [0.29, 0.717) is 18.7 Å². The van der Waals surface area contributed by atoms with E-state index in [1.165, 1.54) is 0 Å². The van der Waals surface area contributed by atoms with E-state index in [9.17, 15) is 13.2 Å². The minimum Gasteiger partial charge on any atom is -0.497 e. The van der Waals surface area contributed by atoms with Crippen LogP contribution in [-0.4, -0.2) is 34.0 Å². The normalized spacial score (nSPS) is 17.5. The first-order chi connectivity index (χ1) is 12.4. The molecule has 1 aliphatic rings. The van der Waals surface area contributed by atoms with E-state index < -0.39 is 16.1 Å². The summed E-state index contributed by atoms with van der Waals surface area (Å²) in [6.45, 7) is 2.47. The smallest absolute Gasteiger partial charge is 0.245 e. The van der Waals surface area contributed by atoms with Gasteiger partial charge in [0, 0.05) is 12.2 Å². The molecule has 1 heterocycles. The van der Waals surface area contributed by atoms with Crippen LogP contribution in [-0.2, 0) is 21.2 Å². The summed E-state index contributed by atoms with van der Waals surface area (Å²) in [5.74, 6) is 0.456. The molecule has 1 amide bonds. The predicted molar refractivity (Wildman–Crippen MR) is 99.9 cm³/mol. The van der Waals surface area contributed by atoms with Gasteiger partial charge in [-0.2, -0.15) is 4.72 Å². The van der Waals surface area contributed by atoms with Crippen LogP contribution >= 0.6 is 0 Å². The maximum atomic E-state index is 12.6. The number of aryl methyl sites for hydroxylation is 1. The molecule has 6 nitrogen and oxygen atoms in total. The number of anilines is 1. The quantitative estimate of drug-likeness (QED) is 0.842. The van der Waals surface area contributed by atoms with Crippen LogP contribution in [0.15, 0.2) is 53.4 Å². The van der Waals surface area contributed by atoms with Crippen molar-refractivity contribution < 1.29 is 17.9 Å². The number of carbonyl (C=O) groups excluding carboxylic acids is 1. The Bertz CT molecular complexity index is 877. The van der Waals surface area contributed by atoms with Gasteiger partial charge in [0.25, 0.3) is 0 Å². The lowest BCUT2D eigenvalue weighted by atomic mass is 10.2. The van der Waals surface area contributed by atoms with E-state index in [4.69, 9.17) is 4.74 Å². The van der Waals surface area contributed by atoms with E-state index in [0.717, 1.165) is 17.7 Å². The first-order valence-electron chi connectivity index (χ1n) is 8.51. The van der Waals surface area contributed by atoms with Gasteiger partial charge in [0.15, 0.2) is 0 Å². The van der Waals surface area contributed by atoms with Crippen LogP contribution in [0, 0.1) is 0 Å². The van der Waals surface area contributed by atoms with Crippen molar-refractivity contribution in [2.75, 3.05) is 18.6 Å². The van der Waals surface area contributed by atoms with Gasteiger partial charge in [-0.15, -0.1) is 0 Å². The Kier molecular flexibility index (Phi) is 5.29. The molecule has 0 radical (unpaired) electrons. The Morgan fingerprint density at radius 2 is 1.77 bits per heavy atom. The number of nitrogens with one attached hydrogen (secondary N) is 1. The van der Waals surface area contributed by atoms with E-state index >= 15 is 0 Å². The van der Waals surface area contributed by atoms with Crippen molar-refractivity contribution in [2.45, 2.75) is 30.7 Å². The summed E-state index contributed by atoms with van der Waals surface area (Å²) >= 11 is 0. The van der Waals surface area contributed by atoms with Crippen LogP contribution in [0.3, 0.4) is 0 Å². The zero-order valence-electron chi connectivity index (χ0n) is 14.8. The number of hydrogen-bond donors (Lipinski definition) is 1. The molecule has 26 heavy (non-hydrogen) atoms. The summed E-state index contributed by atoms with van der Waals surface area (Å²) in [7, 11) is -2.16. The second-order valence-electron chi connectivity index (χ2n) is 6.15. The first kappa shape index (κ1) is 18.4. The predicted octanol–water partition coefficient (Wildman–Crippen LogP) is 2.34. The summed E-state index contributed by atoms with van der Waals surface area (Å²) in [5, 5.41) is 0. The number of rotatable bonds is 6. The highest BCUT2D eigenvalue weighted by Gasteiger charge is 2.35. The lowest BCUT2D eigenvalue weighted by Crippen LogP contribution is -2.41. The summed E-state index contributed by atoms with van der Waals surface area (Å²) in [6.07, 6.45) is 1.27. The number of benzene rings is 2. The molecule has 1 aliphatic heterocycles. The Morgan fingerprint density at radius 1 is 1.12 bits per heavy atom. The van der Waals surface area contributed by atoms with Gasteiger partial charge in [-0.1, -0.05) is 19.1 Å². The number of carbonyl (C=O) groups is 1. The van der Waals surface area contributed by atoms with Gasteiger partial charge in [-0.3, -0.25) is 4.79 Å². The molecule has 1 fully saturated rings. The van der Waals surface area contributed by atoms with Gasteiger partial charge in [0.05, 0.1) is 12.0 Å². The minimum absolute atomic E-state index is 0.172. The lowest BCUT2D eigenvalue weighted by Gasteiger charge is -2.17. The van der Waals surface area contributed by atoms with Crippen molar-refractivity contribution in [1.82, 2.24) is 4.72 Å². The minimum atomic E-state index is -3.74. The molecule has 2 aromatic carbocycles. The Labute approximate surface area is 153 Å². The number of hydrogen-bond acceptors (Lipinski definition) is 4. The van der Waals surface area contributed by atoms with Gasteiger partial charge >= 0.3 is 0 Å². The third-order valence-corrected chi connectivity index (χ3v) is 6.02. The molecule has 0 aliphatic carbocycles. The maximum Gasteiger partial charge on any atom is 0.245 e. The Hall–Kier alpha value is -2.38. The molecular weight excluding hydrogens is 352 g/mol. The average molecular weight is 374 g/mol. The van der Waals surface area contributed by atoms with Crippen molar-refractivity contribution in [3.8, 4) is 5.75 Å². The second-order valence-corrected chi connectivity index (χ2v) is 7.86. The number of amides is 1. The maximum absolute atomic E-state index is 12.6. The molecule has 0 bridgehead atoms. The van der Waals surface area contributed by atoms with E-state index in [1.54, 1.807) is 60.5 Å². The second kappa shape index (κ2) is 7.47. The molecule has 1 saturated heterocycles. The Morgan fingerprint density at radius 3 is 2.35 bits per heavy atom. The fourth-order valence-electron chi connectivity index (χ4n) is 2.97. The van der Waals surface area contributed by atoms with Crippen molar-refractivity contribution in [3.05, 3.63) is 54.1 Å². The molecule has 0 aromatic heterocycles. The van der Waals surface area contributed by atoms with Gasteiger partial charge in [0.2, 0.25) is 15.9 Å². The van der Waals surface area contributed by atoms with E-state index in [2.05, 4.69) is 4.72 Å². The molecule has 1 atom stereocenters. The van der Waals surface area contributed by atoms with Gasteiger partial charge in [0.1, 0.15) is 11.8 Å².